The van der Waals surface area contributed by atoms with Gasteiger partial charge in [0.05, 0.1) is 6.20 Å². The molecule has 0 spiro atoms. The molecule has 0 aliphatic heterocycles. The zero-order valence-electron chi connectivity index (χ0n) is 11.6. The molecule has 20 heavy (non-hydrogen) atoms. The first-order chi connectivity index (χ1) is 9.66. The molecule has 0 radical (unpaired) electrons. The van der Waals surface area contributed by atoms with Gasteiger partial charge < -0.3 is 11.1 Å². The monoisotopic (exact) mass is 272 g/mol. The Bertz CT molecular complexity index is 560. The number of primary amides is 1. The third kappa shape index (κ3) is 3.93. The van der Waals surface area contributed by atoms with E-state index in [2.05, 4.69) is 15.5 Å². The molecule has 2 aromatic rings. The number of hydrogen-bond donors (Lipinski definition) is 3. The van der Waals surface area contributed by atoms with Crippen LogP contribution in [0.3, 0.4) is 0 Å². The fourth-order valence-corrected chi connectivity index (χ4v) is 2.05. The molecular weight excluding hydrogens is 252 g/mol. The van der Waals surface area contributed by atoms with Crippen LogP contribution >= 0.6 is 0 Å². The lowest BCUT2D eigenvalue weighted by atomic mass is 10.1. The summed E-state index contributed by atoms with van der Waals surface area (Å²) >= 11 is 0. The van der Waals surface area contributed by atoms with Gasteiger partial charge in [0, 0.05) is 17.8 Å². The minimum absolute atomic E-state index is 0.389. The van der Waals surface area contributed by atoms with Crippen molar-refractivity contribution in [3.05, 3.63) is 52.8 Å². The van der Waals surface area contributed by atoms with Crippen LogP contribution in [-0.4, -0.2) is 22.6 Å². The van der Waals surface area contributed by atoms with Gasteiger partial charge in [-0.2, -0.15) is 5.10 Å². The standard InChI is InChI=1S/C15H20N4O/c1-11-14(10-18-19-11)3-2-8-17-9-12-4-6-13(7-5-12)15(16)20/h4-7,10,17H,2-3,8-9H2,1H3,(H2,16,20)(H,18,19). The van der Waals surface area contributed by atoms with Crippen molar-refractivity contribution in [2.45, 2.75) is 26.3 Å². The van der Waals surface area contributed by atoms with E-state index in [1.54, 1.807) is 12.1 Å². The second-order valence-electron chi connectivity index (χ2n) is 4.86. The summed E-state index contributed by atoms with van der Waals surface area (Å²) in [5.41, 5.74) is 9.31. The first-order valence-corrected chi connectivity index (χ1v) is 6.75. The highest BCUT2D eigenvalue weighted by Gasteiger charge is 2.01. The number of nitrogens with two attached hydrogens (primary N) is 1. The first-order valence-electron chi connectivity index (χ1n) is 6.75. The lowest BCUT2D eigenvalue weighted by Crippen LogP contribution is -2.16. The summed E-state index contributed by atoms with van der Waals surface area (Å²) in [5, 5.41) is 10.3. The van der Waals surface area contributed by atoms with Crippen molar-refractivity contribution in [2.75, 3.05) is 6.54 Å². The quantitative estimate of drug-likeness (QED) is 0.668. The van der Waals surface area contributed by atoms with Crippen LogP contribution < -0.4 is 11.1 Å². The number of H-pyrrole nitrogens is 1. The molecule has 0 saturated carbocycles. The number of carbonyl (C=O) groups excluding carboxylic acids is 1. The van der Waals surface area contributed by atoms with E-state index in [1.165, 1.54) is 5.56 Å². The van der Waals surface area contributed by atoms with Crippen molar-refractivity contribution in [1.82, 2.24) is 15.5 Å². The number of rotatable bonds is 7. The van der Waals surface area contributed by atoms with Gasteiger partial charge in [-0.15, -0.1) is 0 Å². The third-order valence-electron chi connectivity index (χ3n) is 3.30. The summed E-state index contributed by atoms with van der Waals surface area (Å²) in [5.74, 6) is -0.389. The van der Waals surface area contributed by atoms with E-state index in [0.29, 0.717) is 5.56 Å². The number of hydrogen-bond acceptors (Lipinski definition) is 3. The maximum Gasteiger partial charge on any atom is 0.248 e. The van der Waals surface area contributed by atoms with Crippen molar-refractivity contribution >= 4 is 5.91 Å². The van der Waals surface area contributed by atoms with Crippen LogP contribution in [0.25, 0.3) is 0 Å². The number of aromatic amines is 1. The average Bonchev–Trinajstić information content (AvgIpc) is 2.84. The van der Waals surface area contributed by atoms with Crippen LogP contribution in [0.4, 0.5) is 0 Å². The van der Waals surface area contributed by atoms with Crippen LogP contribution in [-0.2, 0) is 13.0 Å². The minimum Gasteiger partial charge on any atom is -0.366 e. The fourth-order valence-electron chi connectivity index (χ4n) is 2.05. The zero-order chi connectivity index (χ0) is 14.4. The minimum atomic E-state index is -0.389. The predicted octanol–water partition coefficient (Wildman–Crippen LogP) is 1.54. The number of carbonyl (C=O) groups is 1. The molecule has 1 aromatic heterocycles. The number of aromatic nitrogens is 2. The van der Waals surface area contributed by atoms with Gasteiger partial charge in [0.15, 0.2) is 0 Å². The lowest BCUT2D eigenvalue weighted by molar-refractivity contribution is 0.100. The maximum absolute atomic E-state index is 11.0. The normalized spacial score (nSPS) is 10.7. The van der Waals surface area contributed by atoms with Gasteiger partial charge in [0.2, 0.25) is 5.91 Å². The van der Waals surface area contributed by atoms with E-state index in [9.17, 15) is 4.79 Å². The van der Waals surface area contributed by atoms with Gasteiger partial charge in [-0.25, -0.2) is 0 Å². The van der Waals surface area contributed by atoms with Crippen LogP contribution in [0.1, 0.15) is 33.6 Å². The van der Waals surface area contributed by atoms with Crippen molar-refractivity contribution in [3.63, 3.8) is 0 Å². The molecule has 0 aliphatic carbocycles. The topological polar surface area (TPSA) is 83.8 Å². The Balaban J connectivity index is 1.68. The summed E-state index contributed by atoms with van der Waals surface area (Å²) < 4.78 is 0. The molecule has 5 heteroatoms. The predicted molar refractivity (Wildman–Crippen MR) is 78.3 cm³/mol. The Morgan fingerprint density at radius 1 is 1.35 bits per heavy atom. The number of aryl methyl sites for hydroxylation is 2. The summed E-state index contributed by atoms with van der Waals surface area (Å²) in [4.78, 5) is 11.0. The molecule has 0 atom stereocenters. The van der Waals surface area contributed by atoms with E-state index in [-0.39, 0.29) is 5.91 Å². The summed E-state index contributed by atoms with van der Waals surface area (Å²) in [6, 6.07) is 7.36. The number of nitrogens with one attached hydrogen (secondary N) is 2. The smallest absolute Gasteiger partial charge is 0.248 e. The Labute approximate surface area is 118 Å². The van der Waals surface area contributed by atoms with Crippen LogP contribution in [0.5, 0.6) is 0 Å². The highest BCUT2D eigenvalue weighted by atomic mass is 16.1. The van der Waals surface area contributed by atoms with Gasteiger partial charge >= 0.3 is 0 Å². The summed E-state index contributed by atoms with van der Waals surface area (Å²) in [6.07, 6.45) is 3.98. The van der Waals surface area contributed by atoms with Crippen LogP contribution in [0.15, 0.2) is 30.5 Å². The highest BCUT2D eigenvalue weighted by Crippen LogP contribution is 2.06. The molecule has 0 unspecified atom stereocenters. The second-order valence-corrected chi connectivity index (χ2v) is 4.86. The highest BCUT2D eigenvalue weighted by molar-refractivity contribution is 5.92. The van der Waals surface area contributed by atoms with Crippen LogP contribution in [0, 0.1) is 6.92 Å². The van der Waals surface area contributed by atoms with E-state index >= 15 is 0 Å². The molecule has 0 bridgehead atoms. The Kier molecular flexibility index (Phi) is 4.90. The average molecular weight is 272 g/mol. The number of nitrogens with zero attached hydrogens (tertiary/aromatic N) is 1. The van der Waals surface area contributed by atoms with Crippen molar-refractivity contribution in [2.24, 2.45) is 5.73 Å². The third-order valence-corrected chi connectivity index (χ3v) is 3.30. The molecule has 0 saturated heterocycles. The van der Waals surface area contributed by atoms with Gasteiger partial charge in [0.1, 0.15) is 0 Å². The van der Waals surface area contributed by atoms with E-state index in [4.69, 9.17) is 5.73 Å². The molecule has 0 aliphatic rings. The first kappa shape index (κ1) is 14.3. The molecule has 2 rings (SSSR count). The zero-order valence-corrected chi connectivity index (χ0v) is 11.6. The molecular formula is C15H20N4O. The number of benzene rings is 1. The fraction of sp³-hybridized carbons (Fsp3) is 0.333. The largest absolute Gasteiger partial charge is 0.366 e. The molecule has 0 fully saturated rings. The van der Waals surface area contributed by atoms with Crippen molar-refractivity contribution in [1.29, 1.82) is 0 Å². The molecule has 4 N–H and O–H groups in total. The van der Waals surface area contributed by atoms with E-state index in [0.717, 1.165) is 37.2 Å². The lowest BCUT2D eigenvalue weighted by Gasteiger charge is -2.05. The van der Waals surface area contributed by atoms with Crippen molar-refractivity contribution < 1.29 is 4.79 Å². The van der Waals surface area contributed by atoms with E-state index in [1.807, 2.05) is 25.3 Å². The van der Waals surface area contributed by atoms with Crippen molar-refractivity contribution in [3.8, 4) is 0 Å². The van der Waals surface area contributed by atoms with Gasteiger partial charge in [-0.3, -0.25) is 9.89 Å². The Morgan fingerprint density at radius 2 is 2.10 bits per heavy atom. The van der Waals surface area contributed by atoms with Crippen LogP contribution in [0.2, 0.25) is 0 Å². The molecule has 5 nitrogen and oxygen atoms in total. The van der Waals surface area contributed by atoms with Gasteiger partial charge in [-0.1, -0.05) is 12.1 Å². The Hall–Kier alpha value is -2.14. The SMILES string of the molecule is Cc1[nH]ncc1CCCNCc1ccc(C(N)=O)cc1. The molecule has 1 amide bonds. The van der Waals surface area contributed by atoms with E-state index < -0.39 is 0 Å². The molecule has 106 valence electrons. The Morgan fingerprint density at radius 3 is 2.70 bits per heavy atom. The molecule has 1 heterocycles. The maximum atomic E-state index is 11.0. The summed E-state index contributed by atoms with van der Waals surface area (Å²) in [7, 11) is 0. The number of amides is 1. The molecule has 1 aromatic carbocycles. The second kappa shape index (κ2) is 6.86. The van der Waals surface area contributed by atoms with Gasteiger partial charge in [0.25, 0.3) is 0 Å². The van der Waals surface area contributed by atoms with Gasteiger partial charge in [-0.05, 0) is 49.6 Å². The summed E-state index contributed by atoms with van der Waals surface area (Å²) in [6.45, 7) is 3.78.